The number of fused-ring (bicyclic) bond motifs is 1. The maximum Gasteiger partial charge on any atom is 0.423 e. The molecule has 1 fully saturated rings. The average molecular weight is 641 g/mol. The molecule has 0 aromatic heterocycles. The van der Waals surface area contributed by atoms with E-state index >= 15 is 0 Å². The molecule has 0 spiro atoms. The fourth-order valence-electron chi connectivity index (χ4n) is 5.67. The maximum absolute atomic E-state index is 13.1. The lowest BCUT2D eigenvalue weighted by Crippen LogP contribution is -2.40. The van der Waals surface area contributed by atoms with Crippen LogP contribution >= 0.6 is 22.6 Å². The third-order valence-electron chi connectivity index (χ3n) is 7.48. The first-order valence-corrected chi connectivity index (χ1v) is 13.9. The van der Waals surface area contributed by atoms with Gasteiger partial charge in [0.15, 0.2) is 11.5 Å². The highest BCUT2D eigenvalue weighted by atomic mass is 127. The molecule has 1 aromatic carbocycles. The van der Waals surface area contributed by atoms with E-state index in [4.69, 9.17) is 4.74 Å². The number of hydrogen-bond acceptors (Lipinski definition) is 8. The number of amides is 3. The molecule has 1 heterocycles. The quantitative estimate of drug-likeness (QED) is 0.194. The topological polar surface area (TPSA) is 134 Å². The fourth-order valence-corrected chi connectivity index (χ4v) is 6.29. The van der Waals surface area contributed by atoms with Gasteiger partial charge in [0, 0.05) is 5.92 Å². The van der Waals surface area contributed by atoms with Crippen molar-refractivity contribution in [2.45, 2.75) is 58.5 Å². The molecule has 3 N–H and O–H groups in total. The summed E-state index contributed by atoms with van der Waals surface area (Å²) in [5.41, 5.74) is 3.42. The van der Waals surface area contributed by atoms with Gasteiger partial charge in [-0.2, -0.15) is 4.90 Å². The summed E-state index contributed by atoms with van der Waals surface area (Å²) in [6, 6.07) is 3.61. The molecule has 3 rings (SSSR count). The van der Waals surface area contributed by atoms with Crippen LogP contribution in [-0.4, -0.2) is 65.1 Å². The predicted octanol–water partition coefficient (Wildman–Crippen LogP) is 4.42. The lowest BCUT2D eigenvalue weighted by molar-refractivity contribution is -0.137. The Hall–Kier alpha value is -2.44. The van der Waals surface area contributed by atoms with Gasteiger partial charge in [-0.25, -0.2) is 4.79 Å². The molecule has 38 heavy (non-hydrogen) atoms. The summed E-state index contributed by atoms with van der Waals surface area (Å²) in [4.78, 5) is 38.8. The van der Waals surface area contributed by atoms with E-state index < -0.39 is 48.4 Å². The second-order valence-electron chi connectivity index (χ2n) is 9.68. The van der Waals surface area contributed by atoms with Gasteiger partial charge in [-0.05, 0) is 78.0 Å². The minimum Gasteiger partial charge on any atom is -0.504 e. The third-order valence-corrected chi connectivity index (χ3v) is 8.31. The van der Waals surface area contributed by atoms with Crippen molar-refractivity contribution in [2.24, 2.45) is 17.8 Å². The maximum atomic E-state index is 13.1. The van der Waals surface area contributed by atoms with Crippen LogP contribution in [0.1, 0.15) is 57.9 Å². The van der Waals surface area contributed by atoms with Crippen LogP contribution in [0.4, 0.5) is 4.79 Å². The molecular weight excluding hydrogens is 605 g/mol. The summed E-state index contributed by atoms with van der Waals surface area (Å²) in [6.45, 7) is 3.59. The number of aliphatic hydroxyl groups is 2. The van der Waals surface area contributed by atoms with Crippen molar-refractivity contribution in [3.8, 4) is 11.5 Å². The number of imide groups is 3. The Labute approximate surface area is 236 Å². The van der Waals surface area contributed by atoms with Crippen molar-refractivity contribution in [3.05, 3.63) is 38.0 Å². The Bertz CT molecular complexity index is 1140. The number of halogens is 1. The molecule has 3 amide bonds. The number of rotatable bonds is 10. The Kier molecular flexibility index (Phi) is 10.4. The van der Waals surface area contributed by atoms with Gasteiger partial charge in [0.2, 0.25) is 11.8 Å². The molecule has 208 valence electrons. The van der Waals surface area contributed by atoms with Crippen LogP contribution < -0.4 is 4.74 Å². The second-order valence-corrected chi connectivity index (χ2v) is 10.8. The smallest absolute Gasteiger partial charge is 0.423 e. The summed E-state index contributed by atoms with van der Waals surface area (Å²) >= 11 is 2.05. The Balaban J connectivity index is 1.88. The van der Waals surface area contributed by atoms with E-state index in [1.54, 1.807) is 6.07 Å². The van der Waals surface area contributed by atoms with Crippen molar-refractivity contribution < 1.29 is 39.2 Å². The van der Waals surface area contributed by atoms with E-state index in [0.29, 0.717) is 39.1 Å². The molecule has 10 heteroatoms. The SMILES string of the molecule is CCCC1=C([C@H](O)CC/C(=C/c2cc(I)c(O)c(OC)c2)CC)[C@H](CO)[C@@H]2C(=O)N(C(=O)OC)C(=O)[C@@H]2C1. The molecule has 4 atom stereocenters. The van der Waals surface area contributed by atoms with E-state index in [1.807, 2.05) is 48.6 Å². The van der Waals surface area contributed by atoms with Gasteiger partial charge in [-0.3, -0.25) is 9.59 Å². The van der Waals surface area contributed by atoms with E-state index in [0.717, 1.165) is 36.7 Å². The number of aliphatic hydroxyl groups excluding tert-OH is 2. The number of phenols is 1. The van der Waals surface area contributed by atoms with E-state index in [-0.39, 0.29) is 12.2 Å². The zero-order chi connectivity index (χ0) is 28.1. The Morgan fingerprint density at radius 3 is 2.53 bits per heavy atom. The summed E-state index contributed by atoms with van der Waals surface area (Å²) < 4.78 is 10.6. The highest BCUT2D eigenvalue weighted by Gasteiger charge is 2.57. The second kappa shape index (κ2) is 13.1. The van der Waals surface area contributed by atoms with Crippen molar-refractivity contribution in [2.75, 3.05) is 20.8 Å². The molecule has 1 aliphatic heterocycles. The fraction of sp³-hybridized carbons (Fsp3) is 0.536. The number of ether oxygens (including phenoxy) is 2. The zero-order valence-corrected chi connectivity index (χ0v) is 24.4. The minimum absolute atomic E-state index is 0.0884. The van der Waals surface area contributed by atoms with Gasteiger partial charge in [0.05, 0.1) is 42.3 Å². The van der Waals surface area contributed by atoms with Gasteiger partial charge >= 0.3 is 6.09 Å². The monoisotopic (exact) mass is 641 g/mol. The lowest BCUT2D eigenvalue weighted by atomic mass is 9.67. The van der Waals surface area contributed by atoms with Gasteiger partial charge in [0.1, 0.15) is 0 Å². The number of nitrogens with zero attached hydrogens (tertiary/aromatic N) is 1. The molecule has 0 unspecified atom stereocenters. The molecule has 1 aliphatic carbocycles. The standard InChI is InChI=1S/C28H36INO8/c1-5-7-17-13-18-24(27(35)30(26(18)34)28(36)38-4)19(14-31)23(17)21(32)9-8-15(6-2)10-16-11-20(29)25(33)22(12-16)37-3/h10-12,18-19,21,24,31-33H,5-9,13-14H2,1-4H3/b15-10+/t18-,19+,21-,24-/m1/s1. The Morgan fingerprint density at radius 2 is 1.95 bits per heavy atom. The van der Waals surface area contributed by atoms with Crippen molar-refractivity contribution in [1.29, 1.82) is 0 Å². The number of phenolic OH excluding ortho intramolecular Hbond substituents is 1. The molecule has 0 saturated carbocycles. The third kappa shape index (κ3) is 5.91. The number of hydrogen-bond donors (Lipinski definition) is 3. The van der Waals surface area contributed by atoms with E-state index in [1.165, 1.54) is 7.11 Å². The highest BCUT2D eigenvalue weighted by molar-refractivity contribution is 14.1. The minimum atomic E-state index is -1.02. The van der Waals surface area contributed by atoms with Crippen LogP contribution in [0.5, 0.6) is 11.5 Å². The van der Waals surface area contributed by atoms with Crippen LogP contribution in [0.15, 0.2) is 28.9 Å². The lowest BCUT2D eigenvalue weighted by Gasteiger charge is -2.36. The van der Waals surface area contributed by atoms with E-state index in [2.05, 4.69) is 4.74 Å². The van der Waals surface area contributed by atoms with Crippen LogP contribution in [0.25, 0.3) is 6.08 Å². The van der Waals surface area contributed by atoms with Crippen LogP contribution in [0.3, 0.4) is 0 Å². The number of allylic oxidation sites excluding steroid dienone is 2. The van der Waals surface area contributed by atoms with Crippen molar-refractivity contribution >= 4 is 46.6 Å². The molecule has 1 saturated heterocycles. The van der Waals surface area contributed by atoms with Crippen LogP contribution in [-0.2, 0) is 14.3 Å². The highest BCUT2D eigenvalue weighted by Crippen LogP contribution is 2.47. The molecular formula is C28H36INO8. The number of carbonyl (C=O) groups is 3. The molecule has 0 radical (unpaired) electrons. The summed E-state index contributed by atoms with van der Waals surface area (Å²) in [6.07, 6.45) is 3.38. The number of methoxy groups -OCH3 is 2. The van der Waals surface area contributed by atoms with Gasteiger partial charge in [-0.1, -0.05) is 37.5 Å². The molecule has 9 nitrogen and oxygen atoms in total. The van der Waals surface area contributed by atoms with Crippen molar-refractivity contribution in [1.82, 2.24) is 4.90 Å². The first-order valence-electron chi connectivity index (χ1n) is 12.9. The zero-order valence-electron chi connectivity index (χ0n) is 22.2. The Morgan fingerprint density at radius 1 is 1.24 bits per heavy atom. The average Bonchev–Trinajstić information content (AvgIpc) is 3.16. The number of likely N-dealkylation sites (tertiary alicyclic amines) is 1. The molecule has 2 aliphatic rings. The largest absolute Gasteiger partial charge is 0.504 e. The van der Waals surface area contributed by atoms with Crippen molar-refractivity contribution in [3.63, 3.8) is 0 Å². The van der Waals surface area contributed by atoms with Crippen LogP contribution in [0.2, 0.25) is 0 Å². The summed E-state index contributed by atoms with van der Waals surface area (Å²) in [5.74, 6) is -3.25. The first kappa shape index (κ1) is 30.1. The number of aromatic hydroxyl groups is 1. The van der Waals surface area contributed by atoms with Crippen LogP contribution in [0, 0.1) is 21.3 Å². The molecule has 1 aromatic rings. The first-order chi connectivity index (χ1) is 18.1. The normalized spacial score (nSPS) is 22.6. The summed E-state index contributed by atoms with van der Waals surface area (Å²) in [5, 5.41) is 31.9. The number of carbonyl (C=O) groups excluding carboxylic acids is 3. The predicted molar refractivity (Wildman–Crippen MR) is 149 cm³/mol. The summed E-state index contributed by atoms with van der Waals surface area (Å²) in [7, 11) is 2.61. The number of benzene rings is 1. The van der Waals surface area contributed by atoms with E-state index in [9.17, 15) is 29.7 Å². The molecule has 0 bridgehead atoms. The van der Waals surface area contributed by atoms with Gasteiger partial charge in [0.25, 0.3) is 0 Å². The van der Waals surface area contributed by atoms with Gasteiger partial charge < -0.3 is 24.8 Å². The van der Waals surface area contributed by atoms with Gasteiger partial charge in [-0.15, -0.1) is 0 Å².